The maximum atomic E-state index is 12.2. The van der Waals surface area contributed by atoms with Gasteiger partial charge in [0.1, 0.15) is 27.7 Å². The molecule has 0 saturated carbocycles. The lowest BCUT2D eigenvalue weighted by Crippen LogP contribution is -2.21. The van der Waals surface area contributed by atoms with Gasteiger partial charge in [0.2, 0.25) is 0 Å². The molecule has 0 radical (unpaired) electrons. The number of carbonyl (C=O) groups excluding carboxylic acids is 1. The van der Waals surface area contributed by atoms with Gasteiger partial charge in [-0.1, -0.05) is 23.9 Å². The van der Waals surface area contributed by atoms with Crippen molar-refractivity contribution in [3.05, 3.63) is 90.8 Å². The Balaban J connectivity index is 1.52. The molecule has 0 aliphatic rings. The predicted octanol–water partition coefficient (Wildman–Crippen LogP) is 5.67. The molecule has 5 rings (SSSR count). The van der Waals surface area contributed by atoms with E-state index in [1.54, 1.807) is 55.7 Å². The van der Waals surface area contributed by atoms with E-state index >= 15 is 0 Å². The van der Waals surface area contributed by atoms with Crippen molar-refractivity contribution in [1.82, 2.24) is 24.8 Å². The van der Waals surface area contributed by atoms with Crippen molar-refractivity contribution in [2.45, 2.75) is 9.92 Å². The Hall–Kier alpha value is -4.17. The fourth-order valence-electron chi connectivity index (χ4n) is 3.40. The zero-order valence-electron chi connectivity index (χ0n) is 18.6. The molecule has 0 fully saturated rings. The summed E-state index contributed by atoms with van der Waals surface area (Å²) in [4.78, 5) is 31.6. The van der Waals surface area contributed by atoms with Crippen LogP contribution in [0.25, 0.3) is 22.6 Å². The quantitative estimate of drug-likeness (QED) is 0.347. The van der Waals surface area contributed by atoms with Crippen LogP contribution in [-0.4, -0.2) is 44.8 Å². The minimum atomic E-state index is -0.0541. The summed E-state index contributed by atoms with van der Waals surface area (Å²) in [6, 6.07) is 22.5. The highest BCUT2D eigenvalue weighted by Gasteiger charge is 2.15. The Morgan fingerprint density at radius 3 is 2.35 bits per heavy atom. The number of aromatic amines is 1. The molecule has 5 aromatic rings. The van der Waals surface area contributed by atoms with Gasteiger partial charge in [-0.15, -0.1) is 0 Å². The average molecular weight is 468 g/mol. The van der Waals surface area contributed by atoms with E-state index < -0.39 is 0 Å². The molecule has 2 aromatic carbocycles. The summed E-state index contributed by atoms with van der Waals surface area (Å²) in [7, 11) is 3.46. The van der Waals surface area contributed by atoms with Crippen molar-refractivity contribution >= 4 is 28.7 Å². The number of amides is 1. The molecule has 1 amide bonds. The Labute approximate surface area is 200 Å². The number of hydrogen-bond acceptors (Lipinski definition) is 6. The number of nitrogens with zero attached hydrogens (tertiary/aromatic N) is 4. The Kier molecular flexibility index (Phi) is 5.97. The van der Waals surface area contributed by atoms with Crippen LogP contribution in [-0.2, 0) is 0 Å². The van der Waals surface area contributed by atoms with Gasteiger partial charge in [0.05, 0.1) is 5.52 Å². The fraction of sp³-hybridized carbons (Fsp3) is 0.0769. The van der Waals surface area contributed by atoms with E-state index in [1.807, 2.05) is 48.5 Å². The number of fused-ring (bicyclic) bond motifs is 1. The number of ether oxygens (including phenoxy) is 1. The number of aromatic nitrogens is 4. The molecule has 1 N–H and O–H groups in total. The van der Waals surface area contributed by atoms with E-state index in [9.17, 15) is 4.79 Å². The van der Waals surface area contributed by atoms with Crippen LogP contribution in [0.5, 0.6) is 11.5 Å². The molecule has 0 spiro atoms. The van der Waals surface area contributed by atoms with Crippen LogP contribution < -0.4 is 4.74 Å². The molecule has 0 saturated heterocycles. The van der Waals surface area contributed by atoms with Gasteiger partial charge in [-0.3, -0.25) is 9.78 Å². The van der Waals surface area contributed by atoms with Crippen LogP contribution in [0.4, 0.5) is 0 Å². The molecule has 0 bridgehead atoms. The summed E-state index contributed by atoms with van der Waals surface area (Å²) in [6.07, 6.45) is 3.51. The third-order valence-corrected chi connectivity index (χ3v) is 6.01. The van der Waals surface area contributed by atoms with Crippen LogP contribution in [0, 0.1) is 0 Å². The van der Waals surface area contributed by atoms with Crippen molar-refractivity contribution < 1.29 is 9.53 Å². The van der Waals surface area contributed by atoms with E-state index in [2.05, 4.69) is 15.0 Å². The predicted molar refractivity (Wildman–Crippen MR) is 132 cm³/mol. The second-order valence-electron chi connectivity index (χ2n) is 7.71. The number of rotatable bonds is 6. The normalized spacial score (nSPS) is 10.9. The highest BCUT2D eigenvalue weighted by Crippen LogP contribution is 2.37. The van der Waals surface area contributed by atoms with Crippen molar-refractivity contribution in [2.24, 2.45) is 0 Å². The number of carbonyl (C=O) groups is 1. The number of pyridine rings is 2. The lowest BCUT2D eigenvalue weighted by molar-refractivity contribution is 0.0827. The first-order chi connectivity index (χ1) is 16.6. The summed E-state index contributed by atoms with van der Waals surface area (Å²) < 4.78 is 6.15. The van der Waals surface area contributed by atoms with Gasteiger partial charge in [0.25, 0.3) is 5.91 Å². The lowest BCUT2D eigenvalue weighted by Gasteiger charge is -2.11. The van der Waals surface area contributed by atoms with Crippen LogP contribution in [0.1, 0.15) is 10.4 Å². The van der Waals surface area contributed by atoms with Gasteiger partial charge in [0, 0.05) is 43.0 Å². The van der Waals surface area contributed by atoms with E-state index in [0.29, 0.717) is 22.9 Å². The van der Waals surface area contributed by atoms with Crippen LogP contribution in [0.2, 0.25) is 0 Å². The van der Waals surface area contributed by atoms with E-state index in [1.165, 1.54) is 11.8 Å². The van der Waals surface area contributed by atoms with E-state index in [0.717, 1.165) is 26.6 Å². The monoisotopic (exact) mass is 467 g/mol. The van der Waals surface area contributed by atoms with E-state index in [-0.39, 0.29) is 5.91 Å². The molecule has 0 atom stereocenters. The highest BCUT2D eigenvalue weighted by atomic mass is 32.2. The highest BCUT2D eigenvalue weighted by molar-refractivity contribution is 7.99. The smallest absolute Gasteiger partial charge is 0.253 e. The first kappa shape index (κ1) is 21.7. The molecular formula is C26H21N5O2S. The van der Waals surface area contributed by atoms with Crippen molar-refractivity contribution in [3.8, 4) is 23.0 Å². The largest absolute Gasteiger partial charge is 0.457 e. The summed E-state index contributed by atoms with van der Waals surface area (Å²) in [5.74, 6) is 1.91. The number of benzene rings is 2. The van der Waals surface area contributed by atoms with Crippen LogP contribution in [0.15, 0.2) is 95.1 Å². The maximum Gasteiger partial charge on any atom is 0.253 e. The molecule has 0 aliphatic heterocycles. The molecule has 34 heavy (non-hydrogen) atoms. The number of hydrogen-bond donors (Lipinski definition) is 1. The zero-order chi connectivity index (χ0) is 23.5. The molecule has 0 unspecified atom stereocenters. The van der Waals surface area contributed by atoms with Crippen molar-refractivity contribution in [3.63, 3.8) is 0 Å². The molecule has 0 aliphatic carbocycles. The Bertz CT molecular complexity index is 1440. The van der Waals surface area contributed by atoms with Gasteiger partial charge in [-0.25, -0.2) is 9.97 Å². The summed E-state index contributed by atoms with van der Waals surface area (Å²) >= 11 is 1.52. The van der Waals surface area contributed by atoms with Gasteiger partial charge < -0.3 is 14.6 Å². The number of imidazole rings is 1. The second-order valence-corrected chi connectivity index (χ2v) is 8.78. The van der Waals surface area contributed by atoms with Gasteiger partial charge >= 0.3 is 0 Å². The maximum absolute atomic E-state index is 12.2. The lowest BCUT2D eigenvalue weighted by atomic mass is 10.2. The summed E-state index contributed by atoms with van der Waals surface area (Å²) in [5.41, 5.74) is 3.01. The summed E-state index contributed by atoms with van der Waals surface area (Å²) in [6.45, 7) is 0. The first-order valence-corrected chi connectivity index (χ1v) is 11.4. The minimum absolute atomic E-state index is 0.0541. The summed E-state index contributed by atoms with van der Waals surface area (Å²) in [5, 5.41) is 0.856. The zero-order valence-corrected chi connectivity index (χ0v) is 19.4. The molecule has 168 valence electrons. The first-order valence-electron chi connectivity index (χ1n) is 10.6. The van der Waals surface area contributed by atoms with E-state index in [4.69, 9.17) is 9.72 Å². The Morgan fingerprint density at radius 2 is 1.68 bits per heavy atom. The van der Waals surface area contributed by atoms with Crippen LogP contribution in [0.3, 0.4) is 0 Å². The third-order valence-electron chi connectivity index (χ3n) is 5.03. The molecule has 7 nitrogen and oxygen atoms in total. The van der Waals surface area contributed by atoms with Crippen molar-refractivity contribution in [1.29, 1.82) is 0 Å². The SMILES string of the molecule is CN(C)C(=O)c1ccc(Oc2cc(Sc3ccccn3)c3nc(-c4ccccn4)[nH]c3c2)cc1. The Morgan fingerprint density at radius 1 is 0.912 bits per heavy atom. The van der Waals surface area contributed by atoms with Gasteiger partial charge in [0.15, 0.2) is 5.82 Å². The van der Waals surface area contributed by atoms with Crippen molar-refractivity contribution in [2.75, 3.05) is 14.1 Å². The van der Waals surface area contributed by atoms with Gasteiger partial charge in [-0.05, 0) is 54.6 Å². The van der Waals surface area contributed by atoms with Crippen LogP contribution >= 0.6 is 11.8 Å². The average Bonchev–Trinajstić information content (AvgIpc) is 3.30. The molecule has 8 heteroatoms. The minimum Gasteiger partial charge on any atom is -0.457 e. The number of nitrogens with one attached hydrogen (secondary N) is 1. The third kappa shape index (κ3) is 4.62. The van der Waals surface area contributed by atoms with Gasteiger partial charge in [-0.2, -0.15) is 0 Å². The standard InChI is InChI=1S/C26H21N5O2S/c1-31(2)26(32)17-9-11-18(12-10-17)33-19-15-21-24(22(16-19)34-23-8-4-6-14-28-23)30-25(29-21)20-7-3-5-13-27-20/h3-16H,1-2H3,(H,29,30). The fourth-order valence-corrected chi connectivity index (χ4v) is 4.31. The second kappa shape index (κ2) is 9.36. The number of H-pyrrole nitrogens is 1. The molecule has 3 heterocycles. The molecule has 3 aromatic heterocycles. The topological polar surface area (TPSA) is 84.0 Å². The molecular weight excluding hydrogens is 446 g/mol.